The fourth-order valence-electron chi connectivity index (χ4n) is 1.22. The van der Waals surface area contributed by atoms with Crippen molar-refractivity contribution in [1.29, 1.82) is 0 Å². The van der Waals surface area contributed by atoms with E-state index in [1.54, 1.807) is 7.11 Å². The van der Waals surface area contributed by atoms with Crippen LogP contribution in [0.4, 0.5) is 0 Å². The zero-order valence-corrected chi connectivity index (χ0v) is 9.20. The third kappa shape index (κ3) is 2.56. The number of aromatic nitrogens is 1. The second-order valence-corrected chi connectivity index (χ2v) is 3.59. The largest absolute Gasteiger partial charge is 0.374 e. The van der Waals surface area contributed by atoms with E-state index in [2.05, 4.69) is 24.3 Å². The minimum Gasteiger partial charge on any atom is -0.374 e. The van der Waals surface area contributed by atoms with Crippen molar-refractivity contribution in [3.63, 3.8) is 0 Å². The van der Waals surface area contributed by atoms with Crippen LogP contribution in [0.3, 0.4) is 0 Å². The van der Waals surface area contributed by atoms with Crippen LogP contribution < -0.4 is 5.32 Å². The zero-order chi connectivity index (χ0) is 10.6. The summed E-state index contributed by atoms with van der Waals surface area (Å²) in [5.41, 5.74) is 0.852. The highest BCUT2D eigenvalue weighted by molar-refractivity contribution is 5.11. The maximum absolute atomic E-state index is 5.28. The van der Waals surface area contributed by atoms with Crippen LogP contribution in [-0.4, -0.2) is 25.9 Å². The first kappa shape index (κ1) is 11.2. The number of likely N-dealkylation sites (N-methyl/N-ethyl adjacent to an activating group) is 1. The van der Waals surface area contributed by atoms with Gasteiger partial charge >= 0.3 is 0 Å². The Balaban J connectivity index is 2.73. The molecule has 80 valence electrons. The van der Waals surface area contributed by atoms with Crippen molar-refractivity contribution in [1.82, 2.24) is 10.5 Å². The fourth-order valence-corrected chi connectivity index (χ4v) is 1.22. The van der Waals surface area contributed by atoms with Crippen LogP contribution in [0.2, 0.25) is 0 Å². The minimum atomic E-state index is -0.0313. The van der Waals surface area contributed by atoms with E-state index in [-0.39, 0.29) is 6.10 Å². The van der Waals surface area contributed by atoms with Gasteiger partial charge in [0.1, 0.15) is 17.6 Å². The molecule has 0 aliphatic heterocycles. The van der Waals surface area contributed by atoms with Gasteiger partial charge in [-0.3, -0.25) is 0 Å². The van der Waals surface area contributed by atoms with Crippen molar-refractivity contribution in [3.8, 4) is 0 Å². The van der Waals surface area contributed by atoms with E-state index in [0.29, 0.717) is 5.92 Å². The first-order valence-electron chi connectivity index (χ1n) is 4.83. The molecule has 0 radical (unpaired) electrons. The van der Waals surface area contributed by atoms with Gasteiger partial charge in [-0.1, -0.05) is 19.0 Å². The molecule has 1 N–H and O–H groups in total. The highest BCUT2D eigenvalue weighted by Gasteiger charge is 2.16. The Bertz CT molecular complexity index is 271. The summed E-state index contributed by atoms with van der Waals surface area (Å²) in [6.45, 7) is 4.88. The molecule has 4 heteroatoms. The van der Waals surface area contributed by atoms with Crippen molar-refractivity contribution in [3.05, 3.63) is 17.5 Å². The number of nitrogens with zero attached hydrogens (tertiary/aromatic N) is 1. The Morgan fingerprint density at radius 1 is 1.57 bits per heavy atom. The number of ether oxygens (including phenoxy) is 1. The molecule has 0 aliphatic carbocycles. The number of hydrogen-bond donors (Lipinski definition) is 1. The van der Waals surface area contributed by atoms with Gasteiger partial charge in [-0.2, -0.15) is 0 Å². The van der Waals surface area contributed by atoms with E-state index >= 15 is 0 Å². The molecular weight excluding hydrogens is 180 g/mol. The Morgan fingerprint density at radius 3 is 2.71 bits per heavy atom. The number of nitrogens with one attached hydrogen (secondary N) is 1. The number of hydrogen-bond acceptors (Lipinski definition) is 4. The van der Waals surface area contributed by atoms with Gasteiger partial charge in [-0.25, -0.2) is 0 Å². The summed E-state index contributed by atoms with van der Waals surface area (Å²) >= 11 is 0. The molecule has 0 amide bonds. The van der Waals surface area contributed by atoms with Gasteiger partial charge in [0.05, 0.1) is 0 Å². The lowest BCUT2D eigenvalue weighted by molar-refractivity contribution is 0.0973. The second kappa shape index (κ2) is 5.12. The number of rotatable bonds is 5. The molecule has 0 saturated carbocycles. The van der Waals surface area contributed by atoms with E-state index in [1.165, 1.54) is 0 Å². The summed E-state index contributed by atoms with van der Waals surface area (Å²) in [7, 11) is 3.56. The van der Waals surface area contributed by atoms with E-state index in [1.807, 2.05) is 13.1 Å². The maximum Gasteiger partial charge on any atom is 0.139 e. The molecule has 1 heterocycles. The number of methoxy groups -OCH3 is 1. The van der Waals surface area contributed by atoms with Crippen LogP contribution in [0.25, 0.3) is 0 Å². The van der Waals surface area contributed by atoms with Gasteiger partial charge in [-0.15, -0.1) is 0 Å². The first-order chi connectivity index (χ1) is 6.69. The highest BCUT2D eigenvalue weighted by Crippen LogP contribution is 2.20. The highest BCUT2D eigenvalue weighted by atomic mass is 16.5. The second-order valence-electron chi connectivity index (χ2n) is 3.59. The molecule has 1 atom stereocenters. The average molecular weight is 198 g/mol. The molecule has 0 saturated heterocycles. The van der Waals surface area contributed by atoms with Crippen LogP contribution in [-0.2, 0) is 4.74 Å². The molecule has 0 aromatic carbocycles. The molecule has 0 fully saturated rings. The van der Waals surface area contributed by atoms with Crippen LogP contribution in [0, 0.1) is 0 Å². The lowest BCUT2D eigenvalue weighted by Gasteiger charge is -2.10. The van der Waals surface area contributed by atoms with Crippen LogP contribution >= 0.6 is 0 Å². The third-order valence-electron chi connectivity index (χ3n) is 2.12. The van der Waals surface area contributed by atoms with Gasteiger partial charge in [0.2, 0.25) is 0 Å². The SMILES string of the molecule is CNCC(OC)c1cc(C(C)C)on1. The van der Waals surface area contributed by atoms with E-state index in [4.69, 9.17) is 9.26 Å². The van der Waals surface area contributed by atoms with Gasteiger partial charge in [0.25, 0.3) is 0 Å². The van der Waals surface area contributed by atoms with E-state index in [0.717, 1.165) is 18.0 Å². The van der Waals surface area contributed by atoms with Gasteiger partial charge in [0, 0.05) is 25.6 Å². The van der Waals surface area contributed by atoms with Gasteiger partial charge < -0.3 is 14.6 Å². The Morgan fingerprint density at radius 2 is 2.29 bits per heavy atom. The van der Waals surface area contributed by atoms with Crippen LogP contribution in [0.1, 0.15) is 37.3 Å². The Labute approximate surface area is 84.6 Å². The summed E-state index contributed by atoms with van der Waals surface area (Å²) in [6, 6.07) is 1.95. The summed E-state index contributed by atoms with van der Waals surface area (Å²) in [5, 5.41) is 7.04. The predicted molar refractivity (Wildman–Crippen MR) is 54.3 cm³/mol. The van der Waals surface area contributed by atoms with Crippen molar-refractivity contribution in [2.75, 3.05) is 20.7 Å². The molecule has 14 heavy (non-hydrogen) atoms. The van der Waals surface area contributed by atoms with Crippen LogP contribution in [0.15, 0.2) is 10.6 Å². The fraction of sp³-hybridized carbons (Fsp3) is 0.700. The van der Waals surface area contributed by atoms with Crippen LogP contribution in [0.5, 0.6) is 0 Å². The van der Waals surface area contributed by atoms with E-state index < -0.39 is 0 Å². The standard InChI is InChI=1S/C10H18N2O2/c1-7(2)9-5-8(12-14-9)10(13-4)6-11-3/h5,7,10-11H,6H2,1-4H3. The molecule has 0 bridgehead atoms. The topological polar surface area (TPSA) is 47.3 Å². The summed E-state index contributed by atoms with van der Waals surface area (Å²) < 4.78 is 10.5. The quantitative estimate of drug-likeness (QED) is 0.782. The van der Waals surface area contributed by atoms with Gasteiger partial charge in [-0.05, 0) is 7.05 Å². The first-order valence-corrected chi connectivity index (χ1v) is 4.83. The smallest absolute Gasteiger partial charge is 0.139 e. The molecule has 4 nitrogen and oxygen atoms in total. The minimum absolute atomic E-state index is 0.0313. The third-order valence-corrected chi connectivity index (χ3v) is 2.12. The van der Waals surface area contributed by atoms with Gasteiger partial charge in [0.15, 0.2) is 0 Å². The van der Waals surface area contributed by atoms with Crippen molar-refractivity contribution >= 4 is 0 Å². The predicted octanol–water partition coefficient (Wildman–Crippen LogP) is 1.70. The lowest BCUT2D eigenvalue weighted by Crippen LogP contribution is -2.18. The summed E-state index contributed by atoms with van der Waals surface area (Å²) in [6.07, 6.45) is -0.0313. The van der Waals surface area contributed by atoms with Crippen molar-refractivity contribution < 1.29 is 9.26 Å². The van der Waals surface area contributed by atoms with Crippen molar-refractivity contribution in [2.24, 2.45) is 0 Å². The summed E-state index contributed by atoms with van der Waals surface area (Å²) in [4.78, 5) is 0. The maximum atomic E-state index is 5.28. The molecular formula is C10H18N2O2. The molecule has 0 spiro atoms. The summed E-state index contributed by atoms with van der Waals surface area (Å²) in [5.74, 6) is 1.27. The zero-order valence-electron chi connectivity index (χ0n) is 9.20. The lowest BCUT2D eigenvalue weighted by atomic mass is 10.1. The Hall–Kier alpha value is -0.870. The molecule has 0 aliphatic rings. The molecule has 1 rings (SSSR count). The monoisotopic (exact) mass is 198 g/mol. The molecule has 1 unspecified atom stereocenters. The Kier molecular flexibility index (Phi) is 4.10. The molecule has 1 aromatic rings. The van der Waals surface area contributed by atoms with Crippen molar-refractivity contribution in [2.45, 2.75) is 25.9 Å². The average Bonchev–Trinajstić information content (AvgIpc) is 2.63. The molecule has 1 aromatic heterocycles. The normalized spacial score (nSPS) is 13.5. The van der Waals surface area contributed by atoms with E-state index in [9.17, 15) is 0 Å².